The number of pyridine rings is 4. The molecule has 0 spiro atoms. The fraction of sp³-hybridized carbons (Fsp3) is 0. The Hall–Kier alpha value is -8.74. The highest BCUT2D eigenvalue weighted by Crippen LogP contribution is 2.34. The van der Waals surface area contributed by atoms with Gasteiger partial charge in [-0.15, -0.1) is 0 Å². The maximum atomic E-state index is 5.21. The largest absolute Gasteiger partial charge is 0.248 e. The lowest BCUT2D eigenvalue weighted by molar-refractivity contribution is 1.17. The highest BCUT2D eigenvalue weighted by molar-refractivity contribution is 6.04. The third-order valence-electron chi connectivity index (χ3n) is 11.8. The average molecular weight is 817 g/mol. The van der Waals surface area contributed by atoms with E-state index in [9.17, 15) is 0 Å². The summed E-state index contributed by atoms with van der Waals surface area (Å²) in [6.07, 6.45) is 0. The Bertz CT molecular complexity index is 3670. The molecule has 0 atom stereocenters. The molecule has 298 valence electrons. The van der Waals surface area contributed by atoms with E-state index in [2.05, 4.69) is 140 Å². The van der Waals surface area contributed by atoms with Crippen molar-refractivity contribution in [1.82, 2.24) is 29.9 Å². The first-order valence-electron chi connectivity index (χ1n) is 21.3. The molecule has 0 aliphatic rings. The molecule has 0 fully saturated rings. The van der Waals surface area contributed by atoms with Crippen LogP contribution >= 0.6 is 0 Å². The van der Waals surface area contributed by atoms with E-state index in [1.807, 2.05) is 78.9 Å². The van der Waals surface area contributed by atoms with E-state index in [0.717, 1.165) is 117 Å². The number of hydrogen-bond donors (Lipinski definition) is 0. The minimum absolute atomic E-state index is 0.666. The van der Waals surface area contributed by atoms with Crippen LogP contribution in [-0.4, -0.2) is 29.9 Å². The second kappa shape index (κ2) is 15.6. The van der Waals surface area contributed by atoms with E-state index in [-0.39, 0.29) is 0 Å². The summed E-state index contributed by atoms with van der Waals surface area (Å²) in [6, 6.07) is 75.1. The van der Waals surface area contributed by atoms with E-state index in [4.69, 9.17) is 29.9 Å². The lowest BCUT2D eigenvalue weighted by atomic mass is 10.00. The van der Waals surface area contributed by atoms with Gasteiger partial charge in [-0.05, 0) is 65.7 Å². The van der Waals surface area contributed by atoms with Crippen molar-refractivity contribution in [2.45, 2.75) is 0 Å². The first kappa shape index (κ1) is 37.1. The van der Waals surface area contributed by atoms with Crippen LogP contribution in [0.3, 0.4) is 0 Å². The zero-order valence-corrected chi connectivity index (χ0v) is 34.5. The zero-order valence-electron chi connectivity index (χ0n) is 34.5. The van der Waals surface area contributed by atoms with Crippen LogP contribution < -0.4 is 0 Å². The van der Waals surface area contributed by atoms with Gasteiger partial charge in [0.1, 0.15) is 0 Å². The minimum atomic E-state index is 0.666. The monoisotopic (exact) mass is 816 g/mol. The van der Waals surface area contributed by atoms with Gasteiger partial charge < -0.3 is 0 Å². The molecule has 0 bridgehead atoms. The molecule has 12 rings (SSSR count). The van der Waals surface area contributed by atoms with Gasteiger partial charge in [0.15, 0.2) is 5.82 Å². The van der Waals surface area contributed by atoms with Crippen molar-refractivity contribution >= 4 is 43.6 Å². The van der Waals surface area contributed by atoms with Gasteiger partial charge in [0, 0.05) is 49.4 Å². The lowest BCUT2D eigenvalue weighted by Crippen LogP contribution is -1.97. The minimum Gasteiger partial charge on any atom is -0.248 e. The molecule has 7 aromatic carbocycles. The van der Waals surface area contributed by atoms with Crippen molar-refractivity contribution in [1.29, 1.82) is 0 Å². The molecule has 6 heteroatoms. The van der Waals surface area contributed by atoms with Crippen LogP contribution in [0.2, 0.25) is 0 Å². The van der Waals surface area contributed by atoms with Crippen LogP contribution in [0.25, 0.3) is 123 Å². The van der Waals surface area contributed by atoms with E-state index >= 15 is 0 Å². The summed E-state index contributed by atoms with van der Waals surface area (Å²) >= 11 is 0. The summed E-state index contributed by atoms with van der Waals surface area (Å²) in [6.45, 7) is 0. The molecule has 0 radical (unpaired) electrons. The van der Waals surface area contributed by atoms with Gasteiger partial charge in [-0.3, -0.25) is 0 Å². The Balaban J connectivity index is 0.851. The summed E-state index contributed by atoms with van der Waals surface area (Å²) in [7, 11) is 0. The second-order valence-corrected chi connectivity index (χ2v) is 16.0. The van der Waals surface area contributed by atoms with E-state index in [1.165, 1.54) is 0 Å². The summed E-state index contributed by atoms with van der Waals surface area (Å²) in [5.41, 5.74) is 16.1. The van der Waals surface area contributed by atoms with Crippen LogP contribution in [0.1, 0.15) is 0 Å². The number of nitrogens with zero attached hydrogens (tertiary/aromatic N) is 6. The molecule has 0 aliphatic carbocycles. The van der Waals surface area contributed by atoms with Crippen LogP contribution in [0.5, 0.6) is 0 Å². The first-order valence-corrected chi connectivity index (χ1v) is 21.3. The van der Waals surface area contributed by atoms with Crippen LogP contribution in [0.4, 0.5) is 0 Å². The molecule has 0 N–H and O–H groups in total. The van der Waals surface area contributed by atoms with Crippen LogP contribution in [-0.2, 0) is 0 Å². The molecule has 0 aliphatic heterocycles. The molecule has 0 amide bonds. The van der Waals surface area contributed by atoms with Crippen LogP contribution in [0, 0.1) is 0 Å². The number of aromatic nitrogens is 6. The number of benzene rings is 7. The van der Waals surface area contributed by atoms with Gasteiger partial charge in [0.25, 0.3) is 0 Å². The van der Waals surface area contributed by atoms with Crippen molar-refractivity contribution < 1.29 is 0 Å². The van der Waals surface area contributed by atoms with Crippen molar-refractivity contribution in [2.24, 2.45) is 0 Å². The number of rotatable bonds is 7. The van der Waals surface area contributed by atoms with E-state index < -0.39 is 0 Å². The quantitative estimate of drug-likeness (QED) is 0.149. The summed E-state index contributed by atoms with van der Waals surface area (Å²) in [5.74, 6) is 0.666. The Labute approximate surface area is 369 Å². The fourth-order valence-electron chi connectivity index (χ4n) is 8.49. The normalized spacial score (nSPS) is 11.4. The Morgan fingerprint density at radius 3 is 1.36 bits per heavy atom. The first-order chi connectivity index (χ1) is 31.6. The predicted molar refractivity (Wildman–Crippen MR) is 261 cm³/mol. The van der Waals surface area contributed by atoms with Gasteiger partial charge in [-0.25, -0.2) is 29.9 Å². The molecule has 0 saturated heterocycles. The Morgan fingerprint density at radius 1 is 0.203 bits per heavy atom. The van der Waals surface area contributed by atoms with Crippen molar-refractivity contribution in [2.75, 3.05) is 0 Å². The van der Waals surface area contributed by atoms with E-state index in [0.29, 0.717) is 5.82 Å². The third-order valence-corrected chi connectivity index (χ3v) is 11.8. The molecule has 5 aromatic heterocycles. The highest BCUT2D eigenvalue weighted by atomic mass is 14.9. The van der Waals surface area contributed by atoms with Gasteiger partial charge in [0.2, 0.25) is 0 Å². The SMILES string of the molecule is c1ccc(-c2cc(-c3ccc4ccc(-c5ccc6nc(-c7cccc(-c8ccc9ccc%10ccc(-c%11ccccc%11)nc%10c9n8)c7)ccc6c5)cc4n3)nc(-c3ccccc3)n2)cc1. The topological polar surface area (TPSA) is 77.3 Å². The van der Waals surface area contributed by atoms with Gasteiger partial charge in [-0.1, -0.05) is 164 Å². The van der Waals surface area contributed by atoms with Crippen molar-refractivity contribution in [3.05, 3.63) is 218 Å². The molecule has 5 heterocycles. The molecule has 0 unspecified atom stereocenters. The van der Waals surface area contributed by atoms with Crippen LogP contribution in [0.15, 0.2) is 218 Å². The summed E-state index contributed by atoms with van der Waals surface area (Å²) < 4.78 is 0. The fourth-order valence-corrected chi connectivity index (χ4v) is 8.49. The molecule has 6 nitrogen and oxygen atoms in total. The van der Waals surface area contributed by atoms with Crippen molar-refractivity contribution in [3.63, 3.8) is 0 Å². The molecular formula is C58H36N6. The second-order valence-electron chi connectivity index (χ2n) is 16.0. The number of hydrogen-bond acceptors (Lipinski definition) is 6. The van der Waals surface area contributed by atoms with Crippen molar-refractivity contribution in [3.8, 4) is 78.9 Å². The third kappa shape index (κ3) is 6.99. The Kier molecular flexibility index (Phi) is 9.05. The van der Waals surface area contributed by atoms with Gasteiger partial charge >= 0.3 is 0 Å². The predicted octanol–water partition coefficient (Wildman–Crippen LogP) is 14.3. The Morgan fingerprint density at radius 2 is 0.672 bits per heavy atom. The number of fused-ring (bicyclic) bond motifs is 5. The maximum Gasteiger partial charge on any atom is 0.160 e. The molecular weight excluding hydrogens is 781 g/mol. The molecule has 64 heavy (non-hydrogen) atoms. The summed E-state index contributed by atoms with van der Waals surface area (Å²) in [4.78, 5) is 30.6. The smallest absolute Gasteiger partial charge is 0.160 e. The van der Waals surface area contributed by atoms with E-state index in [1.54, 1.807) is 0 Å². The zero-order chi connectivity index (χ0) is 42.4. The van der Waals surface area contributed by atoms with Gasteiger partial charge in [0.05, 0.1) is 56.2 Å². The average Bonchev–Trinajstić information content (AvgIpc) is 3.38. The summed E-state index contributed by atoms with van der Waals surface area (Å²) in [5, 5.41) is 4.24. The molecule has 12 aromatic rings. The maximum absolute atomic E-state index is 5.21. The highest BCUT2D eigenvalue weighted by Gasteiger charge is 2.14. The lowest BCUT2D eigenvalue weighted by Gasteiger charge is -2.11. The van der Waals surface area contributed by atoms with Gasteiger partial charge in [-0.2, -0.15) is 0 Å². The standard InChI is InChI=1S/C58H36N6/c1-4-11-37(12-5-1)48-28-24-40-20-21-41-25-29-51(62-57(41)56(40)61-48)46-18-10-17-45(34-46)49-31-27-47-33-43(26-30-50(47)59-49)44-22-19-39-23-32-52(60-53(39)35-44)55-36-54(38-13-6-2-7-14-38)63-58(64-55)42-15-8-3-9-16-42/h1-36H. The molecule has 0 saturated carbocycles.